The standard InChI is InChI=1S/C65H42N2O/c1-64(2)52-24-12-8-21-43(52)47-35-49-48-32-37(28-31-58(48)66(59(49)36-57(47)64)39-16-4-3-5-17-39)38-33-50-40-18-6-7-22-45(40)63(68)67-61(50)51(34-38)44-29-30-56-60(62(44)67)46-23-11-15-27-55(46)65(56)53-25-13-9-19-41(53)42-20-10-14-26-54(42)65/h3-28,31-36H,29-30H2,1-2H3. The molecule has 0 bridgehead atoms. The molecule has 3 aromatic heterocycles. The number of hydrogen-bond donors (Lipinski definition) is 0. The number of aryl methyl sites for hydroxylation is 1. The van der Waals surface area contributed by atoms with Crippen LogP contribution in [0.5, 0.6) is 0 Å². The van der Waals surface area contributed by atoms with Crippen LogP contribution in [0.1, 0.15) is 64.9 Å². The lowest BCUT2D eigenvalue weighted by Gasteiger charge is -2.34. The molecule has 12 aromatic rings. The first-order chi connectivity index (χ1) is 33.4. The van der Waals surface area contributed by atoms with Crippen LogP contribution < -0.4 is 5.56 Å². The van der Waals surface area contributed by atoms with Crippen LogP contribution in [0.2, 0.25) is 0 Å². The summed E-state index contributed by atoms with van der Waals surface area (Å²) in [5.41, 5.74) is 24.7. The average Bonchev–Trinajstić information content (AvgIpc) is 4.14. The van der Waals surface area contributed by atoms with E-state index in [9.17, 15) is 0 Å². The van der Waals surface area contributed by atoms with Gasteiger partial charge in [-0.1, -0.05) is 153 Å². The van der Waals surface area contributed by atoms with Crippen molar-refractivity contribution in [2.24, 2.45) is 0 Å². The zero-order valence-electron chi connectivity index (χ0n) is 37.7. The van der Waals surface area contributed by atoms with Crippen LogP contribution in [0, 0.1) is 0 Å². The molecule has 0 fully saturated rings. The molecule has 0 amide bonds. The Bertz CT molecular complexity index is 4320. The minimum atomic E-state index is -0.427. The molecular weight excluding hydrogens is 825 g/mol. The van der Waals surface area contributed by atoms with Crippen molar-refractivity contribution in [3.05, 3.63) is 255 Å². The van der Waals surface area contributed by atoms with Crippen molar-refractivity contribution in [1.82, 2.24) is 8.97 Å². The van der Waals surface area contributed by atoms with Gasteiger partial charge in [-0.25, -0.2) is 0 Å². The summed E-state index contributed by atoms with van der Waals surface area (Å²) >= 11 is 0. The summed E-state index contributed by atoms with van der Waals surface area (Å²) in [5.74, 6) is 0. The molecule has 16 rings (SSSR count). The molecule has 3 nitrogen and oxygen atoms in total. The predicted molar refractivity (Wildman–Crippen MR) is 280 cm³/mol. The molecule has 68 heavy (non-hydrogen) atoms. The maximum Gasteiger partial charge on any atom is 0.263 e. The Labute approximate surface area is 392 Å². The maximum absolute atomic E-state index is 15.3. The predicted octanol–water partition coefficient (Wildman–Crippen LogP) is 15.2. The molecule has 0 N–H and O–H groups in total. The summed E-state index contributed by atoms with van der Waals surface area (Å²) in [6.07, 6.45) is 1.74. The van der Waals surface area contributed by atoms with Gasteiger partial charge in [-0.2, -0.15) is 0 Å². The van der Waals surface area contributed by atoms with E-state index in [1.165, 1.54) is 105 Å². The molecule has 0 atom stereocenters. The largest absolute Gasteiger partial charge is 0.309 e. The third-order valence-corrected chi connectivity index (χ3v) is 16.8. The molecule has 0 saturated carbocycles. The fourth-order valence-electron chi connectivity index (χ4n) is 14.1. The van der Waals surface area contributed by atoms with Crippen LogP contribution in [0.15, 0.2) is 204 Å². The van der Waals surface area contributed by atoms with Crippen molar-refractivity contribution < 1.29 is 0 Å². The highest BCUT2D eigenvalue weighted by Gasteiger charge is 2.54. The summed E-state index contributed by atoms with van der Waals surface area (Å²) in [4.78, 5) is 15.3. The van der Waals surface area contributed by atoms with Gasteiger partial charge in [0.15, 0.2) is 0 Å². The first kappa shape index (κ1) is 36.9. The summed E-state index contributed by atoms with van der Waals surface area (Å²) < 4.78 is 4.58. The number of nitrogens with zero attached hydrogens (tertiary/aromatic N) is 2. The van der Waals surface area contributed by atoms with Crippen molar-refractivity contribution in [2.75, 3.05) is 0 Å². The Kier molecular flexibility index (Phi) is 6.83. The summed E-state index contributed by atoms with van der Waals surface area (Å²) in [5, 5.41) is 6.53. The highest BCUT2D eigenvalue weighted by molar-refractivity contribution is 6.18. The van der Waals surface area contributed by atoms with Gasteiger partial charge in [0.05, 0.1) is 27.7 Å². The smallest absolute Gasteiger partial charge is 0.263 e. The van der Waals surface area contributed by atoms with E-state index in [-0.39, 0.29) is 11.0 Å². The lowest BCUT2D eigenvalue weighted by Crippen LogP contribution is -2.28. The van der Waals surface area contributed by atoms with Crippen LogP contribution in [-0.4, -0.2) is 8.97 Å². The monoisotopic (exact) mass is 866 g/mol. The van der Waals surface area contributed by atoms with Gasteiger partial charge in [0.25, 0.3) is 5.56 Å². The zero-order chi connectivity index (χ0) is 44.8. The zero-order valence-corrected chi connectivity index (χ0v) is 37.7. The summed E-state index contributed by atoms with van der Waals surface area (Å²) in [6.45, 7) is 4.73. The van der Waals surface area contributed by atoms with E-state index in [0.717, 1.165) is 51.5 Å². The maximum atomic E-state index is 15.3. The molecule has 1 spiro atoms. The minimum Gasteiger partial charge on any atom is -0.309 e. The summed E-state index contributed by atoms with van der Waals surface area (Å²) in [7, 11) is 0. The normalized spacial score (nSPS) is 15.6. The van der Waals surface area contributed by atoms with Crippen molar-refractivity contribution in [1.29, 1.82) is 0 Å². The number of hydrogen-bond acceptors (Lipinski definition) is 1. The molecule has 4 aliphatic carbocycles. The van der Waals surface area contributed by atoms with Crippen LogP contribution in [-0.2, 0) is 17.3 Å². The minimum absolute atomic E-state index is 0.0546. The second-order valence-electron chi connectivity index (χ2n) is 20.2. The van der Waals surface area contributed by atoms with Crippen molar-refractivity contribution in [3.63, 3.8) is 0 Å². The molecule has 318 valence electrons. The second kappa shape index (κ2) is 12.6. The first-order valence-corrected chi connectivity index (χ1v) is 24.1. The number of fused-ring (bicyclic) bond motifs is 21. The van der Waals surface area contributed by atoms with Crippen molar-refractivity contribution in [3.8, 4) is 39.1 Å². The number of rotatable bonds is 2. The fraction of sp³-hybridized carbons (Fsp3) is 0.0923. The summed E-state index contributed by atoms with van der Waals surface area (Å²) in [6, 6.07) is 71.9. The third kappa shape index (κ3) is 4.26. The van der Waals surface area contributed by atoms with E-state index in [1.807, 2.05) is 12.1 Å². The topological polar surface area (TPSA) is 26.4 Å². The van der Waals surface area contributed by atoms with Gasteiger partial charge in [-0.05, 0) is 151 Å². The highest BCUT2D eigenvalue weighted by atomic mass is 16.1. The number of allylic oxidation sites excluding steroid dienone is 1. The number of para-hydroxylation sites is 1. The van der Waals surface area contributed by atoms with Crippen LogP contribution in [0.25, 0.3) is 93.5 Å². The fourth-order valence-corrected chi connectivity index (χ4v) is 14.1. The van der Waals surface area contributed by atoms with Gasteiger partial charge in [-0.15, -0.1) is 0 Å². The molecule has 9 aromatic carbocycles. The van der Waals surface area contributed by atoms with Crippen LogP contribution >= 0.6 is 0 Å². The molecule has 4 aliphatic rings. The molecule has 0 radical (unpaired) electrons. The van der Waals surface area contributed by atoms with Gasteiger partial charge in [-0.3, -0.25) is 9.20 Å². The second-order valence-corrected chi connectivity index (χ2v) is 20.2. The Hall–Kier alpha value is -8.27. The number of aromatic nitrogens is 2. The molecule has 0 aliphatic heterocycles. The van der Waals surface area contributed by atoms with Gasteiger partial charge in [0, 0.05) is 43.6 Å². The number of pyridine rings is 1. The van der Waals surface area contributed by atoms with E-state index in [0.29, 0.717) is 0 Å². The van der Waals surface area contributed by atoms with Crippen LogP contribution in [0.3, 0.4) is 0 Å². The molecule has 0 saturated heterocycles. The molecule has 3 heterocycles. The van der Waals surface area contributed by atoms with E-state index < -0.39 is 5.41 Å². The Morgan fingerprint density at radius 3 is 1.74 bits per heavy atom. The average molecular weight is 867 g/mol. The SMILES string of the molecule is CC1(C)c2ccccc2-c2cc3c4cc(-c5cc6c7c(n8c(=O)c9ccccc9c(c5)c68)C5=C(CC7)C6(c7ccccc75)c5ccccc5-c5ccccc56)ccc4n(-c4ccccc4)c3cc21. The van der Waals surface area contributed by atoms with E-state index in [4.69, 9.17) is 0 Å². The van der Waals surface area contributed by atoms with Gasteiger partial charge in [0.2, 0.25) is 0 Å². The first-order valence-electron chi connectivity index (χ1n) is 24.1. The Balaban J connectivity index is 0.987. The third-order valence-electron chi connectivity index (χ3n) is 16.8. The van der Waals surface area contributed by atoms with E-state index in [2.05, 4.69) is 205 Å². The molecule has 0 unspecified atom stereocenters. The highest BCUT2D eigenvalue weighted by Crippen LogP contribution is 2.65. The molecular formula is C65H42N2O. The number of benzene rings is 9. The lowest BCUT2D eigenvalue weighted by atomic mass is 9.67. The Morgan fingerprint density at radius 2 is 1.00 bits per heavy atom. The van der Waals surface area contributed by atoms with Crippen molar-refractivity contribution in [2.45, 2.75) is 37.5 Å². The van der Waals surface area contributed by atoms with Gasteiger partial charge >= 0.3 is 0 Å². The van der Waals surface area contributed by atoms with Crippen molar-refractivity contribution >= 4 is 54.4 Å². The van der Waals surface area contributed by atoms with Gasteiger partial charge < -0.3 is 4.57 Å². The van der Waals surface area contributed by atoms with E-state index >= 15 is 4.79 Å². The lowest BCUT2D eigenvalue weighted by molar-refractivity contribution is 0.661. The van der Waals surface area contributed by atoms with Gasteiger partial charge in [0.1, 0.15) is 0 Å². The Morgan fingerprint density at radius 1 is 0.426 bits per heavy atom. The quantitative estimate of drug-likeness (QED) is 0.159. The van der Waals surface area contributed by atoms with Crippen LogP contribution in [0.4, 0.5) is 0 Å². The van der Waals surface area contributed by atoms with E-state index in [1.54, 1.807) is 0 Å². The molecule has 3 heteroatoms.